The van der Waals surface area contributed by atoms with Crippen molar-refractivity contribution in [2.24, 2.45) is 0 Å². The second-order valence-corrected chi connectivity index (χ2v) is 6.97. The molecule has 1 heterocycles. The summed E-state index contributed by atoms with van der Waals surface area (Å²) in [7, 11) is 1.36. The zero-order chi connectivity index (χ0) is 19.1. The first-order valence-electron chi connectivity index (χ1n) is 8.24. The Morgan fingerprint density at radius 1 is 1.46 bits per heavy atom. The summed E-state index contributed by atoms with van der Waals surface area (Å²) in [6, 6.07) is 7.30. The zero-order valence-corrected chi connectivity index (χ0v) is 15.7. The van der Waals surface area contributed by atoms with Crippen LogP contribution in [0.4, 0.5) is 0 Å². The quantitative estimate of drug-likeness (QED) is 0.410. The molecule has 0 bridgehead atoms. The fourth-order valence-electron chi connectivity index (χ4n) is 2.53. The lowest BCUT2D eigenvalue weighted by Crippen LogP contribution is -2.11. The number of carbonyl (C=O) groups excluding carboxylic acids is 1. The monoisotopic (exact) mass is 374 g/mol. The van der Waals surface area contributed by atoms with E-state index in [2.05, 4.69) is 18.6 Å². The van der Waals surface area contributed by atoms with Crippen LogP contribution in [0.25, 0.3) is 0 Å². The summed E-state index contributed by atoms with van der Waals surface area (Å²) >= 11 is 1.49. The van der Waals surface area contributed by atoms with Crippen molar-refractivity contribution in [3.8, 4) is 0 Å². The number of nitrogens with zero attached hydrogens (tertiary/aromatic N) is 2. The fourth-order valence-corrected chi connectivity index (χ4v) is 3.80. The first-order chi connectivity index (χ1) is 12.5. The molecule has 7 heteroatoms. The second kappa shape index (κ2) is 9.24. The molecule has 0 aliphatic carbocycles. The number of carboxylic acid groups (broad SMARTS) is 1. The lowest BCUT2D eigenvalue weighted by molar-refractivity contribution is 0.0599. The summed E-state index contributed by atoms with van der Waals surface area (Å²) in [6.45, 7) is 6.19. The normalized spacial score (nSPS) is 11.8. The van der Waals surface area contributed by atoms with Crippen molar-refractivity contribution in [3.05, 3.63) is 59.8 Å². The van der Waals surface area contributed by atoms with E-state index in [0.717, 1.165) is 12.0 Å². The predicted molar refractivity (Wildman–Crippen MR) is 101 cm³/mol. The molecule has 0 saturated carbocycles. The number of benzene rings is 1. The maximum atomic E-state index is 11.7. The van der Waals surface area contributed by atoms with Gasteiger partial charge in [-0.25, -0.2) is 9.59 Å². The van der Waals surface area contributed by atoms with Crippen LogP contribution >= 0.6 is 11.8 Å². The van der Waals surface area contributed by atoms with Crippen LogP contribution in [0.2, 0.25) is 0 Å². The maximum Gasteiger partial charge on any atom is 0.340 e. The highest BCUT2D eigenvalue weighted by Crippen LogP contribution is 2.31. The number of methoxy groups -OCH3 is 1. The van der Waals surface area contributed by atoms with Crippen molar-refractivity contribution < 1.29 is 19.4 Å². The molecular formula is C19H22N2O4S. The first-order valence-corrected chi connectivity index (χ1v) is 9.12. The maximum absolute atomic E-state index is 11.7. The van der Waals surface area contributed by atoms with E-state index in [-0.39, 0.29) is 16.8 Å². The minimum absolute atomic E-state index is 0.140. The molecule has 6 nitrogen and oxygen atoms in total. The highest BCUT2D eigenvalue weighted by atomic mass is 32.2. The molecule has 1 N–H and O–H groups in total. The van der Waals surface area contributed by atoms with E-state index in [4.69, 9.17) is 4.74 Å². The number of ether oxygens (including phenoxy) is 1. The lowest BCUT2D eigenvalue weighted by atomic mass is 10.1. The molecule has 26 heavy (non-hydrogen) atoms. The number of hydrogen-bond donors (Lipinski definition) is 1. The number of carbonyl (C=O) groups is 2. The van der Waals surface area contributed by atoms with Crippen molar-refractivity contribution in [1.82, 2.24) is 9.78 Å². The van der Waals surface area contributed by atoms with E-state index in [1.165, 1.54) is 25.1 Å². The molecule has 1 aromatic carbocycles. The van der Waals surface area contributed by atoms with Gasteiger partial charge < -0.3 is 9.84 Å². The molecule has 0 radical (unpaired) electrons. The molecular weight excluding hydrogens is 352 g/mol. The highest BCUT2D eigenvalue weighted by molar-refractivity contribution is 8.00. The topological polar surface area (TPSA) is 81.4 Å². The highest BCUT2D eigenvalue weighted by Gasteiger charge is 2.21. The van der Waals surface area contributed by atoms with Gasteiger partial charge in [0.1, 0.15) is 10.6 Å². The molecule has 2 aromatic rings. The zero-order valence-electron chi connectivity index (χ0n) is 14.8. The summed E-state index contributed by atoms with van der Waals surface area (Å²) in [5.74, 6) is -1.37. The van der Waals surface area contributed by atoms with Gasteiger partial charge in [0.05, 0.1) is 25.4 Å². The second-order valence-electron chi connectivity index (χ2n) is 5.68. The third-order valence-electron chi connectivity index (χ3n) is 3.87. The summed E-state index contributed by atoms with van der Waals surface area (Å²) in [4.78, 5) is 23.2. The van der Waals surface area contributed by atoms with E-state index in [1.807, 2.05) is 18.2 Å². The fraction of sp³-hybridized carbons (Fsp3) is 0.316. The van der Waals surface area contributed by atoms with Crippen molar-refractivity contribution >= 4 is 23.7 Å². The third kappa shape index (κ3) is 4.76. The van der Waals surface area contributed by atoms with Crippen LogP contribution in [0.15, 0.2) is 48.1 Å². The standard InChI is InChI=1S/C19H22N2O4S/c1-4-9-21-17(16(12-20-21)18(22)23)26-15(5-2)11-13-7-6-8-14(10-13)19(24)25-3/h4,6-8,10,12,15H,1,5,9,11H2,2-3H3,(H,22,23). The minimum Gasteiger partial charge on any atom is -0.478 e. The molecule has 0 spiro atoms. The summed E-state index contributed by atoms with van der Waals surface area (Å²) in [5.41, 5.74) is 1.70. The number of carboxylic acids is 1. The third-order valence-corrected chi connectivity index (χ3v) is 5.36. The van der Waals surface area contributed by atoms with Gasteiger partial charge in [-0.1, -0.05) is 25.1 Å². The van der Waals surface area contributed by atoms with Crippen molar-refractivity contribution in [2.75, 3.05) is 7.11 Å². The van der Waals surface area contributed by atoms with Crippen molar-refractivity contribution in [2.45, 2.75) is 36.6 Å². The number of rotatable bonds is 9. The number of hydrogen-bond acceptors (Lipinski definition) is 5. The summed E-state index contributed by atoms with van der Waals surface area (Å²) in [5, 5.41) is 14.3. The first kappa shape index (κ1) is 19.8. The molecule has 1 unspecified atom stereocenters. The van der Waals surface area contributed by atoms with Crippen LogP contribution in [0.1, 0.15) is 39.6 Å². The van der Waals surface area contributed by atoms with Crippen LogP contribution in [0.3, 0.4) is 0 Å². The Kier molecular flexibility index (Phi) is 7.03. The number of allylic oxidation sites excluding steroid dienone is 1. The summed E-state index contributed by atoms with van der Waals surface area (Å²) in [6.07, 6.45) is 4.60. The molecule has 0 amide bonds. The van der Waals surface area contributed by atoms with E-state index in [1.54, 1.807) is 16.8 Å². The lowest BCUT2D eigenvalue weighted by Gasteiger charge is -2.16. The number of aromatic carboxylic acids is 1. The van der Waals surface area contributed by atoms with Gasteiger partial charge >= 0.3 is 11.9 Å². The van der Waals surface area contributed by atoms with Crippen LogP contribution in [-0.4, -0.2) is 39.2 Å². The van der Waals surface area contributed by atoms with Gasteiger partial charge in [0.25, 0.3) is 0 Å². The largest absolute Gasteiger partial charge is 0.478 e. The van der Waals surface area contributed by atoms with Gasteiger partial charge in [-0.3, -0.25) is 4.68 Å². The Labute approximate surface area is 156 Å². The molecule has 1 aromatic heterocycles. The molecule has 0 saturated heterocycles. The Hall–Kier alpha value is -2.54. The van der Waals surface area contributed by atoms with E-state index >= 15 is 0 Å². The summed E-state index contributed by atoms with van der Waals surface area (Å²) < 4.78 is 6.41. The minimum atomic E-state index is -0.995. The van der Waals surface area contributed by atoms with E-state index in [0.29, 0.717) is 23.6 Å². The van der Waals surface area contributed by atoms with E-state index < -0.39 is 5.97 Å². The van der Waals surface area contributed by atoms with Crippen LogP contribution in [0, 0.1) is 0 Å². The SMILES string of the molecule is C=CCn1ncc(C(=O)O)c1SC(CC)Cc1cccc(C(=O)OC)c1. The average molecular weight is 374 g/mol. The van der Waals surface area contributed by atoms with Gasteiger partial charge in [-0.2, -0.15) is 5.10 Å². The van der Waals surface area contributed by atoms with Gasteiger partial charge in [0.2, 0.25) is 0 Å². The van der Waals surface area contributed by atoms with Crippen molar-refractivity contribution in [3.63, 3.8) is 0 Å². The smallest absolute Gasteiger partial charge is 0.340 e. The van der Waals surface area contributed by atoms with Crippen LogP contribution in [0.5, 0.6) is 0 Å². The average Bonchev–Trinajstić information content (AvgIpc) is 3.03. The molecule has 1 atom stereocenters. The van der Waals surface area contributed by atoms with Gasteiger partial charge in [0.15, 0.2) is 0 Å². The van der Waals surface area contributed by atoms with Crippen LogP contribution in [-0.2, 0) is 17.7 Å². The predicted octanol–water partition coefficient (Wildman–Crippen LogP) is 3.67. The van der Waals surface area contributed by atoms with Crippen LogP contribution < -0.4 is 0 Å². The molecule has 0 aliphatic rings. The number of esters is 1. The Morgan fingerprint density at radius 2 is 2.23 bits per heavy atom. The molecule has 2 rings (SSSR count). The Balaban J connectivity index is 2.23. The molecule has 0 fully saturated rings. The van der Waals surface area contributed by atoms with E-state index in [9.17, 15) is 14.7 Å². The van der Waals surface area contributed by atoms with Gasteiger partial charge in [-0.05, 0) is 30.5 Å². The Morgan fingerprint density at radius 3 is 2.85 bits per heavy atom. The van der Waals surface area contributed by atoms with Gasteiger partial charge in [-0.15, -0.1) is 18.3 Å². The Bertz CT molecular complexity index is 801. The molecule has 138 valence electrons. The van der Waals surface area contributed by atoms with Crippen molar-refractivity contribution in [1.29, 1.82) is 0 Å². The molecule has 0 aliphatic heterocycles. The number of aromatic nitrogens is 2. The van der Waals surface area contributed by atoms with Gasteiger partial charge in [0, 0.05) is 5.25 Å². The number of thioether (sulfide) groups is 1.